The highest BCUT2D eigenvalue weighted by Gasteiger charge is 2.22. The van der Waals surface area contributed by atoms with Crippen LogP contribution < -0.4 is 10.5 Å². The maximum absolute atomic E-state index is 12.3. The Labute approximate surface area is 136 Å². The van der Waals surface area contributed by atoms with Crippen molar-refractivity contribution in [3.63, 3.8) is 0 Å². The zero-order valence-corrected chi connectivity index (χ0v) is 14.2. The number of nitrogens with two attached hydrogens (primary N) is 1. The smallest absolute Gasteiger partial charge is 0.243 e. The molecule has 4 nitrogen and oxygen atoms in total. The van der Waals surface area contributed by atoms with Crippen molar-refractivity contribution in [2.24, 2.45) is 11.7 Å². The van der Waals surface area contributed by atoms with Crippen LogP contribution in [0, 0.1) is 17.8 Å². The van der Waals surface area contributed by atoms with E-state index in [-0.39, 0.29) is 27.4 Å². The van der Waals surface area contributed by atoms with Crippen molar-refractivity contribution < 1.29 is 8.42 Å². The fraction of sp³-hybridized carbons (Fsp3) is 0.429. The van der Waals surface area contributed by atoms with Crippen molar-refractivity contribution in [1.82, 2.24) is 4.72 Å². The van der Waals surface area contributed by atoms with Gasteiger partial charge in [-0.2, -0.15) is 0 Å². The van der Waals surface area contributed by atoms with Gasteiger partial charge in [-0.05, 0) is 18.1 Å². The molecule has 0 radical (unpaired) electrons. The second kappa shape index (κ2) is 8.02. The van der Waals surface area contributed by atoms with E-state index in [0.717, 1.165) is 6.42 Å². The van der Waals surface area contributed by atoms with Gasteiger partial charge in [-0.25, -0.2) is 13.1 Å². The molecule has 0 heterocycles. The van der Waals surface area contributed by atoms with Crippen LogP contribution in [0.2, 0.25) is 10.0 Å². The number of halogens is 2. The molecule has 1 aromatic carbocycles. The zero-order chi connectivity index (χ0) is 16.0. The van der Waals surface area contributed by atoms with Crippen molar-refractivity contribution in [3.8, 4) is 11.8 Å². The maximum atomic E-state index is 12.3. The molecule has 0 aliphatic heterocycles. The second-order valence-corrected chi connectivity index (χ2v) is 7.16. The topological polar surface area (TPSA) is 72.2 Å². The highest BCUT2D eigenvalue weighted by atomic mass is 35.5. The van der Waals surface area contributed by atoms with E-state index in [9.17, 15) is 8.42 Å². The van der Waals surface area contributed by atoms with Crippen LogP contribution in [-0.2, 0) is 10.0 Å². The summed E-state index contributed by atoms with van der Waals surface area (Å²) >= 11 is 12.1. The van der Waals surface area contributed by atoms with Crippen LogP contribution in [-0.4, -0.2) is 21.5 Å². The fourth-order valence-corrected chi connectivity index (χ4v) is 3.89. The summed E-state index contributed by atoms with van der Waals surface area (Å²) in [6, 6.07) is 2.93. The maximum Gasteiger partial charge on any atom is 0.243 e. The molecule has 0 aliphatic carbocycles. The largest absolute Gasteiger partial charge is 0.320 e. The molecule has 0 saturated carbocycles. The van der Waals surface area contributed by atoms with Crippen LogP contribution in [0.1, 0.15) is 25.8 Å². The monoisotopic (exact) mass is 348 g/mol. The minimum atomic E-state index is -3.75. The van der Waals surface area contributed by atoms with E-state index in [1.165, 1.54) is 12.1 Å². The summed E-state index contributed by atoms with van der Waals surface area (Å²) in [5.74, 6) is 5.65. The van der Waals surface area contributed by atoms with Gasteiger partial charge in [0.25, 0.3) is 0 Å². The summed E-state index contributed by atoms with van der Waals surface area (Å²) < 4.78 is 27.1. The average Bonchev–Trinajstić information content (AvgIpc) is 2.41. The average molecular weight is 349 g/mol. The van der Waals surface area contributed by atoms with Crippen molar-refractivity contribution >= 4 is 33.2 Å². The van der Waals surface area contributed by atoms with E-state index in [1.807, 2.05) is 13.8 Å². The van der Waals surface area contributed by atoms with Gasteiger partial charge in [0.2, 0.25) is 10.0 Å². The standard InChI is InChI=1S/C14H18Cl2N2O2S/c1-3-10(2)9-18-21(19,20)14-12(15)7-11(5-4-6-17)8-13(14)16/h7-8,10,18H,3,6,9,17H2,1-2H3. The molecule has 0 bridgehead atoms. The highest BCUT2D eigenvalue weighted by molar-refractivity contribution is 7.89. The Balaban J connectivity index is 3.13. The molecule has 116 valence electrons. The lowest BCUT2D eigenvalue weighted by Crippen LogP contribution is -2.28. The van der Waals surface area contributed by atoms with Gasteiger partial charge in [0, 0.05) is 12.1 Å². The van der Waals surface area contributed by atoms with Crippen LogP contribution >= 0.6 is 23.2 Å². The number of nitrogens with one attached hydrogen (secondary N) is 1. The summed E-state index contributed by atoms with van der Waals surface area (Å²) in [6.45, 7) is 4.48. The van der Waals surface area contributed by atoms with E-state index in [4.69, 9.17) is 28.9 Å². The van der Waals surface area contributed by atoms with E-state index in [0.29, 0.717) is 12.1 Å². The van der Waals surface area contributed by atoms with Crippen LogP contribution in [0.3, 0.4) is 0 Å². The minimum absolute atomic E-state index is 0.0421. The lowest BCUT2D eigenvalue weighted by atomic mass is 10.1. The van der Waals surface area contributed by atoms with Gasteiger partial charge in [-0.3, -0.25) is 0 Å². The molecule has 1 rings (SSSR count). The van der Waals surface area contributed by atoms with Crippen LogP contribution in [0.4, 0.5) is 0 Å². The summed E-state index contributed by atoms with van der Waals surface area (Å²) in [6.07, 6.45) is 0.873. The Kier molecular flexibility index (Phi) is 6.98. The first-order valence-electron chi connectivity index (χ1n) is 6.49. The Morgan fingerprint density at radius 2 is 1.90 bits per heavy atom. The second-order valence-electron chi connectivity index (χ2n) is 4.64. The Morgan fingerprint density at radius 3 is 2.38 bits per heavy atom. The SMILES string of the molecule is CCC(C)CNS(=O)(=O)c1c(Cl)cc(C#CCN)cc1Cl. The molecule has 0 fully saturated rings. The number of rotatable bonds is 5. The summed E-state index contributed by atoms with van der Waals surface area (Å²) in [7, 11) is -3.75. The van der Waals surface area contributed by atoms with Crippen LogP contribution in [0.25, 0.3) is 0 Å². The number of sulfonamides is 1. The number of benzene rings is 1. The van der Waals surface area contributed by atoms with Gasteiger partial charge in [0.15, 0.2) is 0 Å². The van der Waals surface area contributed by atoms with Crippen LogP contribution in [0.5, 0.6) is 0 Å². The number of hydrogen-bond acceptors (Lipinski definition) is 3. The molecule has 0 spiro atoms. The quantitative estimate of drug-likeness (QED) is 0.803. The zero-order valence-electron chi connectivity index (χ0n) is 11.9. The third kappa shape index (κ3) is 5.17. The molecule has 7 heteroatoms. The lowest BCUT2D eigenvalue weighted by Gasteiger charge is -2.13. The molecule has 0 aromatic heterocycles. The third-order valence-electron chi connectivity index (χ3n) is 2.92. The van der Waals surface area contributed by atoms with Gasteiger partial charge in [-0.15, -0.1) is 0 Å². The van der Waals surface area contributed by atoms with E-state index in [1.54, 1.807) is 0 Å². The normalized spacial score (nSPS) is 12.6. The predicted octanol–water partition coefficient (Wildman–Crippen LogP) is 2.63. The van der Waals surface area contributed by atoms with E-state index in [2.05, 4.69) is 16.6 Å². The molecule has 1 atom stereocenters. The van der Waals surface area contributed by atoms with E-state index < -0.39 is 10.0 Å². The highest BCUT2D eigenvalue weighted by Crippen LogP contribution is 2.30. The van der Waals surface area contributed by atoms with Gasteiger partial charge < -0.3 is 5.73 Å². The molecule has 21 heavy (non-hydrogen) atoms. The predicted molar refractivity (Wildman–Crippen MR) is 87.0 cm³/mol. The molecule has 0 amide bonds. The molecule has 0 saturated heterocycles. The Morgan fingerprint density at radius 1 is 1.33 bits per heavy atom. The van der Waals surface area contributed by atoms with Crippen LogP contribution in [0.15, 0.2) is 17.0 Å². The molecule has 0 aliphatic rings. The first-order chi connectivity index (χ1) is 9.81. The lowest BCUT2D eigenvalue weighted by molar-refractivity contribution is 0.528. The molecule has 1 aromatic rings. The Hall–Kier alpha value is -0.770. The molecule has 3 N–H and O–H groups in total. The van der Waals surface area contributed by atoms with Gasteiger partial charge in [-0.1, -0.05) is 55.3 Å². The van der Waals surface area contributed by atoms with Gasteiger partial charge >= 0.3 is 0 Å². The van der Waals surface area contributed by atoms with Crippen molar-refractivity contribution in [2.45, 2.75) is 25.2 Å². The van der Waals surface area contributed by atoms with Crippen molar-refractivity contribution in [1.29, 1.82) is 0 Å². The summed E-state index contributed by atoms with van der Waals surface area (Å²) in [4.78, 5) is -0.118. The Bertz CT molecular complexity index is 640. The van der Waals surface area contributed by atoms with E-state index >= 15 is 0 Å². The van der Waals surface area contributed by atoms with Gasteiger partial charge in [0.05, 0.1) is 16.6 Å². The summed E-state index contributed by atoms with van der Waals surface area (Å²) in [5, 5.41) is 0.0842. The van der Waals surface area contributed by atoms with Gasteiger partial charge in [0.1, 0.15) is 4.90 Å². The first kappa shape index (κ1) is 18.3. The molecular weight excluding hydrogens is 331 g/mol. The molecule has 1 unspecified atom stereocenters. The van der Waals surface area contributed by atoms with Crippen molar-refractivity contribution in [3.05, 3.63) is 27.7 Å². The minimum Gasteiger partial charge on any atom is -0.320 e. The fourth-order valence-electron chi connectivity index (χ4n) is 1.51. The number of hydrogen-bond donors (Lipinski definition) is 2. The first-order valence-corrected chi connectivity index (χ1v) is 8.73. The molecular formula is C14H18Cl2N2O2S. The third-order valence-corrected chi connectivity index (χ3v) is 5.26. The van der Waals surface area contributed by atoms with Crippen molar-refractivity contribution in [2.75, 3.05) is 13.1 Å². The summed E-state index contributed by atoms with van der Waals surface area (Å²) in [5.41, 5.74) is 5.81.